The fraction of sp³-hybridized carbons (Fsp3) is 0.409. The van der Waals surface area contributed by atoms with Gasteiger partial charge in [0.15, 0.2) is 6.23 Å². The van der Waals surface area contributed by atoms with Crippen molar-refractivity contribution in [2.24, 2.45) is 0 Å². The summed E-state index contributed by atoms with van der Waals surface area (Å²) in [4.78, 5) is 11.8. The van der Waals surface area contributed by atoms with Gasteiger partial charge in [0.05, 0.1) is 0 Å². The maximum atomic E-state index is 11.8. The average Bonchev–Trinajstić information content (AvgIpc) is 3.37. The van der Waals surface area contributed by atoms with Crippen molar-refractivity contribution in [3.8, 4) is 5.75 Å². The molecule has 0 saturated carbocycles. The van der Waals surface area contributed by atoms with Crippen LogP contribution in [0, 0.1) is 0 Å². The van der Waals surface area contributed by atoms with E-state index in [9.17, 15) is 4.79 Å². The number of hydrogen-bond donors (Lipinski definition) is 1. The van der Waals surface area contributed by atoms with E-state index in [-0.39, 0.29) is 24.5 Å². The van der Waals surface area contributed by atoms with Gasteiger partial charge in [-0.05, 0) is 56.9 Å². The van der Waals surface area contributed by atoms with Crippen molar-refractivity contribution in [3.05, 3.63) is 65.7 Å². The molecule has 0 bridgehead atoms. The minimum atomic E-state index is -0.449. The van der Waals surface area contributed by atoms with Crippen molar-refractivity contribution in [2.45, 2.75) is 58.2 Å². The van der Waals surface area contributed by atoms with Crippen molar-refractivity contribution < 1.29 is 19.0 Å². The molecule has 144 valence electrons. The van der Waals surface area contributed by atoms with E-state index < -0.39 is 6.09 Å². The zero-order valence-electron chi connectivity index (χ0n) is 16.1. The standard InChI is InChI=1S/C22H27NO4/c1-22(2,3)27-18-12-9-16(10-13-18)11-14-19-20(26-19)23-21(24)25-15-17-7-5-4-6-8-17/h4-10,12-13,19-20H,11,14-15H2,1-3H3,(H,23,24)/t19-,20-/m0/s1. The first-order chi connectivity index (χ1) is 12.9. The summed E-state index contributed by atoms with van der Waals surface area (Å²) in [6.07, 6.45) is 1.08. The van der Waals surface area contributed by atoms with Gasteiger partial charge in [0, 0.05) is 0 Å². The molecule has 0 radical (unpaired) electrons. The summed E-state index contributed by atoms with van der Waals surface area (Å²) in [5.41, 5.74) is 1.98. The third-order valence-electron chi connectivity index (χ3n) is 4.12. The van der Waals surface area contributed by atoms with Crippen LogP contribution in [-0.2, 0) is 22.5 Å². The highest BCUT2D eigenvalue weighted by molar-refractivity contribution is 5.67. The van der Waals surface area contributed by atoms with E-state index in [1.54, 1.807) is 0 Å². The predicted molar refractivity (Wildman–Crippen MR) is 104 cm³/mol. The molecule has 3 rings (SSSR count). The highest BCUT2D eigenvalue weighted by atomic mass is 16.6. The Morgan fingerprint density at radius 2 is 1.74 bits per heavy atom. The Morgan fingerprint density at radius 1 is 1.04 bits per heavy atom. The van der Waals surface area contributed by atoms with Gasteiger partial charge in [0.2, 0.25) is 0 Å². The van der Waals surface area contributed by atoms with Gasteiger partial charge in [0.1, 0.15) is 24.1 Å². The molecular weight excluding hydrogens is 342 g/mol. The number of rotatable bonds is 7. The second-order valence-electron chi connectivity index (χ2n) is 7.70. The SMILES string of the molecule is CC(C)(C)Oc1ccc(CC[C@@H]2O[C@@H]2NC(=O)OCc2ccccc2)cc1. The van der Waals surface area contributed by atoms with E-state index in [4.69, 9.17) is 14.2 Å². The molecule has 0 spiro atoms. The van der Waals surface area contributed by atoms with Crippen LogP contribution in [0.4, 0.5) is 4.79 Å². The molecule has 27 heavy (non-hydrogen) atoms. The maximum Gasteiger partial charge on any atom is 0.409 e. The summed E-state index contributed by atoms with van der Waals surface area (Å²) in [7, 11) is 0. The van der Waals surface area contributed by atoms with E-state index in [1.807, 2.05) is 63.2 Å². The van der Waals surface area contributed by atoms with E-state index >= 15 is 0 Å². The molecule has 2 aromatic rings. The van der Waals surface area contributed by atoms with Gasteiger partial charge in [-0.2, -0.15) is 0 Å². The Kier molecular flexibility index (Phi) is 6.01. The molecule has 1 aliphatic heterocycles. The van der Waals surface area contributed by atoms with Gasteiger partial charge in [-0.3, -0.25) is 5.32 Å². The summed E-state index contributed by atoms with van der Waals surface area (Å²) >= 11 is 0. The van der Waals surface area contributed by atoms with Crippen LogP contribution in [0.5, 0.6) is 5.75 Å². The van der Waals surface area contributed by atoms with Gasteiger partial charge >= 0.3 is 6.09 Å². The molecule has 0 aliphatic carbocycles. The fourth-order valence-corrected chi connectivity index (χ4v) is 2.76. The molecule has 2 atom stereocenters. The predicted octanol–water partition coefficient (Wildman–Crippen LogP) is 4.45. The van der Waals surface area contributed by atoms with Gasteiger partial charge < -0.3 is 14.2 Å². The largest absolute Gasteiger partial charge is 0.488 e. The van der Waals surface area contributed by atoms with Crippen LogP contribution in [0.3, 0.4) is 0 Å². The molecular formula is C22H27NO4. The third kappa shape index (κ3) is 6.61. The van der Waals surface area contributed by atoms with Gasteiger partial charge in [-0.15, -0.1) is 0 Å². The molecule has 5 heteroatoms. The summed E-state index contributed by atoms with van der Waals surface area (Å²) in [5.74, 6) is 0.870. The molecule has 1 N–H and O–H groups in total. The Bertz CT molecular complexity index is 737. The second-order valence-corrected chi connectivity index (χ2v) is 7.70. The Labute approximate surface area is 160 Å². The number of carbonyl (C=O) groups excluding carboxylic acids is 1. The minimum absolute atomic E-state index is 0.0415. The first kappa shape index (κ1) is 19.2. The fourth-order valence-electron chi connectivity index (χ4n) is 2.76. The number of epoxide rings is 1. The van der Waals surface area contributed by atoms with Crippen LogP contribution in [0.1, 0.15) is 38.3 Å². The molecule has 1 saturated heterocycles. The summed E-state index contributed by atoms with van der Waals surface area (Å²) in [5, 5.41) is 2.74. The Balaban J connectivity index is 1.34. The lowest BCUT2D eigenvalue weighted by Gasteiger charge is -2.21. The van der Waals surface area contributed by atoms with Crippen LogP contribution in [0.25, 0.3) is 0 Å². The maximum absolute atomic E-state index is 11.8. The van der Waals surface area contributed by atoms with Crippen LogP contribution in [0.15, 0.2) is 54.6 Å². The summed E-state index contributed by atoms with van der Waals surface area (Å²) < 4.78 is 16.5. The highest BCUT2D eigenvalue weighted by Gasteiger charge is 2.39. The lowest BCUT2D eigenvalue weighted by atomic mass is 10.1. The summed E-state index contributed by atoms with van der Waals surface area (Å²) in [6, 6.07) is 17.7. The Hall–Kier alpha value is -2.53. The number of ether oxygens (including phenoxy) is 3. The van der Waals surface area contributed by atoms with Crippen molar-refractivity contribution >= 4 is 6.09 Å². The number of amides is 1. The molecule has 1 fully saturated rings. The minimum Gasteiger partial charge on any atom is -0.488 e. The van der Waals surface area contributed by atoms with E-state index in [2.05, 4.69) is 17.4 Å². The molecule has 1 heterocycles. The van der Waals surface area contributed by atoms with Crippen molar-refractivity contribution in [1.82, 2.24) is 5.32 Å². The van der Waals surface area contributed by atoms with Crippen LogP contribution >= 0.6 is 0 Å². The van der Waals surface area contributed by atoms with Crippen molar-refractivity contribution in [1.29, 1.82) is 0 Å². The first-order valence-corrected chi connectivity index (χ1v) is 9.30. The van der Waals surface area contributed by atoms with E-state index in [0.717, 1.165) is 24.2 Å². The molecule has 0 unspecified atom stereocenters. The van der Waals surface area contributed by atoms with Gasteiger partial charge in [-0.25, -0.2) is 4.79 Å². The normalized spacial score (nSPS) is 18.6. The van der Waals surface area contributed by atoms with Crippen LogP contribution in [-0.4, -0.2) is 24.0 Å². The van der Waals surface area contributed by atoms with E-state index in [0.29, 0.717) is 0 Å². The molecule has 2 aromatic carbocycles. The number of alkyl carbamates (subject to hydrolysis) is 1. The quantitative estimate of drug-likeness (QED) is 0.733. The monoisotopic (exact) mass is 369 g/mol. The zero-order valence-corrected chi connectivity index (χ0v) is 16.1. The van der Waals surface area contributed by atoms with Crippen LogP contribution in [0.2, 0.25) is 0 Å². The number of nitrogens with one attached hydrogen (secondary N) is 1. The second kappa shape index (κ2) is 8.44. The van der Waals surface area contributed by atoms with Crippen molar-refractivity contribution in [2.75, 3.05) is 0 Å². The molecule has 0 aromatic heterocycles. The summed E-state index contributed by atoms with van der Waals surface area (Å²) in [6.45, 7) is 6.35. The number of hydrogen-bond acceptors (Lipinski definition) is 4. The smallest absolute Gasteiger partial charge is 0.409 e. The lowest BCUT2D eigenvalue weighted by Crippen LogP contribution is -2.28. The number of carbonyl (C=O) groups is 1. The molecule has 1 amide bonds. The lowest BCUT2D eigenvalue weighted by molar-refractivity contribution is 0.131. The highest BCUT2D eigenvalue weighted by Crippen LogP contribution is 2.26. The number of aryl methyl sites for hydroxylation is 1. The van der Waals surface area contributed by atoms with Crippen LogP contribution < -0.4 is 10.1 Å². The number of benzene rings is 2. The Morgan fingerprint density at radius 3 is 2.41 bits per heavy atom. The third-order valence-corrected chi connectivity index (χ3v) is 4.12. The van der Waals surface area contributed by atoms with Gasteiger partial charge in [-0.1, -0.05) is 42.5 Å². The van der Waals surface area contributed by atoms with E-state index in [1.165, 1.54) is 5.56 Å². The topological polar surface area (TPSA) is 60.1 Å². The van der Waals surface area contributed by atoms with Crippen molar-refractivity contribution in [3.63, 3.8) is 0 Å². The zero-order chi connectivity index (χ0) is 19.3. The first-order valence-electron chi connectivity index (χ1n) is 9.30. The molecule has 5 nitrogen and oxygen atoms in total. The molecule has 1 aliphatic rings. The van der Waals surface area contributed by atoms with Gasteiger partial charge in [0.25, 0.3) is 0 Å². The average molecular weight is 369 g/mol.